The van der Waals surface area contributed by atoms with Gasteiger partial charge in [0.15, 0.2) is 11.6 Å². The third-order valence-electron chi connectivity index (χ3n) is 6.54. The second-order valence-electron chi connectivity index (χ2n) is 8.71. The molecule has 1 amide bonds. The molecule has 2 aliphatic heterocycles. The van der Waals surface area contributed by atoms with E-state index in [0.29, 0.717) is 46.4 Å². The number of carbonyl (C=O) groups is 2. The van der Waals surface area contributed by atoms with Gasteiger partial charge in [0.2, 0.25) is 5.95 Å². The number of nitrogens with zero attached hydrogens (tertiary/aromatic N) is 4. The monoisotopic (exact) mass is 471 g/mol. The third kappa shape index (κ3) is 4.22. The molecule has 0 radical (unpaired) electrons. The second kappa shape index (κ2) is 8.79. The Hall–Kier alpha value is -2.91. The molecule has 1 saturated heterocycles. The van der Waals surface area contributed by atoms with Crippen LogP contribution in [-0.4, -0.2) is 54.2 Å². The van der Waals surface area contributed by atoms with Crippen molar-refractivity contribution in [3.63, 3.8) is 0 Å². The van der Waals surface area contributed by atoms with E-state index in [0.717, 1.165) is 12.5 Å². The summed E-state index contributed by atoms with van der Waals surface area (Å²) in [6.07, 6.45) is 4.45. The van der Waals surface area contributed by atoms with Crippen LogP contribution in [0, 0.1) is 5.92 Å². The standard InChI is InChI=1S/C23H26ClN5O4/c1-3-16(30)12-32-22-21(31)28(2)18-7-5-14(9-19(18)33-22)26-20-17(24)10-25-23(27-20)29-11-13-4-6-15(29)8-13/h5,7,9-10,13,15,22H,3-4,6,8,11-12H2,1-2H3,(H,25,26,27). The number of ether oxygens (including phenoxy) is 2. The Balaban J connectivity index is 1.35. The summed E-state index contributed by atoms with van der Waals surface area (Å²) in [6, 6.07) is 5.86. The number of carbonyl (C=O) groups excluding carboxylic acids is 2. The molecule has 3 unspecified atom stereocenters. The number of benzene rings is 1. The highest BCUT2D eigenvalue weighted by Gasteiger charge is 2.39. The summed E-state index contributed by atoms with van der Waals surface area (Å²) in [5.41, 5.74) is 1.30. The van der Waals surface area contributed by atoms with Gasteiger partial charge in [0.05, 0.1) is 11.9 Å². The molecule has 1 saturated carbocycles. The Kier molecular flexibility index (Phi) is 5.84. The summed E-state index contributed by atoms with van der Waals surface area (Å²) in [6.45, 7) is 2.55. The number of hydrogen-bond acceptors (Lipinski definition) is 8. The summed E-state index contributed by atoms with van der Waals surface area (Å²) < 4.78 is 11.2. The zero-order chi connectivity index (χ0) is 23.1. The number of Topliss-reactive ketones (excluding diaryl/α,β-unsaturated/α-hetero) is 1. The molecule has 3 atom stereocenters. The molecule has 5 rings (SSSR count). The Morgan fingerprint density at radius 2 is 2.21 bits per heavy atom. The van der Waals surface area contributed by atoms with Crippen LogP contribution in [0.5, 0.6) is 5.75 Å². The van der Waals surface area contributed by atoms with Gasteiger partial charge in [-0.1, -0.05) is 18.5 Å². The topological polar surface area (TPSA) is 96.9 Å². The maximum absolute atomic E-state index is 12.5. The van der Waals surface area contributed by atoms with Crippen LogP contribution in [0.25, 0.3) is 0 Å². The Bertz CT molecular complexity index is 1100. The maximum Gasteiger partial charge on any atom is 0.296 e. The van der Waals surface area contributed by atoms with Gasteiger partial charge in [-0.3, -0.25) is 9.59 Å². The number of fused-ring (bicyclic) bond motifs is 3. The molecular formula is C23H26ClN5O4. The van der Waals surface area contributed by atoms with Gasteiger partial charge in [-0.25, -0.2) is 4.98 Å². The van der Waals surface area contributed by atoms with Gasteiger partial charge in [0.25, 0.3) is 12.2 Å². The van der Waals surface area contributed by atoms with Crippen LogP contribution < -0.4 is 19.9 Å². The van der Waals surface area contributed by atoms with E-state index in [1.807, 2.05) is 6.07 Å². The van der Waals surface area contributed by atoms with Gasteiger partial charge in [0, 0.05) is 37.8 Å². The van der Waals surface area contributed by atoms with E-state index in [1.54, 1.807) is 32.3 Å². The molecule has 10 heteroatoms. The fourth-order valence-corrected chi connectivity index (χ4v) is 4.81. The minimum atomic E-state index is -1.17. The first kappa shape index (κ1) is 21.9. The number of piperidine rings is 1. The van der Waals surface area contributed by atoms with Crippen molar-refractivity contribution in [1.29, 1.82) is 0 Å². The highest BCUT2D eigenvalue weighted by molar-refractivity contribution is 6.32. The molecular weight excluding hydrogens is 446 g/mol. The van der Waals surface area contributed by atoms with E-state index in [-0.39, 0.29) is 18.3 Å². The van der Waals surface area contributed by atoms with Gasteiger partial charge < -0.3 is 24.6 Å². The van der Waals surface area contributed by atoms with Gasteiger partial charge in [-0.2, -0.15) is 4.98 Å². The molecule has 2 fully saturated rings. The highest BCUT2D eigenvalue weighted by atomic mass is 35.5. The first-order valence-electron chi connectivity index (χ1n) is 11.2. The molecule has 0 spiro atoms. The van der Waals surface area contributed by atoms with Crippen molar-refractivity contribution in [1.82, 2.24) is 9.97 Å². The minimum absolute atomic E-state index is 0.101. The van der Waals surface area contributed by atoms with Crippen LogP contribution in [0.4, 0.5) is 23.1 Å². The van der Waals surface area contributed by atoms with Gasteiger partial charge in [-0.05, 0) is 37.3 Å². The number of halogens is 1. The van der Waals surface area contributed by atoms with Crippen molar-refractivity contribution in [2.75, 3.05) is 35.3 Å². The first-order chi connectivity index (χ1) is 15.9. The van der Waals surface area contributed by atoms with Crippen molar-refractivity contribution in [2.24, 2.45) is 5.92 Å². The number of ketones is 1. The molecule has 1 aromatic carbocycles. The molecule has 1 aromatic heterocycles. The molecule has 1 aliphatic carbocycles. The SMILES string of the molecule is CCC(=O)COC1Oc2cc(Nc3nc(N4CC5CCC4C5)ncc3Cl)ccc2N(C)C1=O. The molecule has 174 valence electrons. The van der Waals surface area contributed by atoms with E-state index >= 15 is 0 Å². The summed E-state index contributed by atoms with van der Waals surface area (Å²) in [4.78, 5) is 37.0. The van der Waals surface area contributed by atoms with Crippen LogP contribution in [0.1, 0.15) is 32.6 Å². The molecule has 1 N–H and O–H groups in total. The Labute approximate surface area is 197 Å². The number of rotatable bonds is 7. The lowest BCUT2D eigenvalue weighted by atomic mass is 10.1. The van der Waals surface area contributed by atoms with E-state index in [1.165, 1.54) is 24.2 Å². The Morgan fingerprint density at radius 1 is 1.36 bits per heavy atom. The molecule has 33 heavy (non-hydrogen) atoms. The van der Waals surface area contributed by atoms with Crippen molar-refractivity contribution in [3.8, 4) is 5.75 Å². The van der Waals surface area contributed by atoms with Crippen molar-refractivity contribution in [2.45, 2.75) is 44.9 Å². The molecule has 3 heterocycles. The van der Waals surface area contributed by atoms with E-state index in [2.05, 4.69) is 20.2 Å². The number of nitrogens with one attached hydrogen (secondary N) is 1. The lowest BCUT2D eigenvalue weighted by molar-refractivity contribution is -0.155. The van der Waals surface area contributed by atoms with E-state index in [9.17, 15) is 9.59 Å². The van der Waals surface area contributed by atoms with Gasteiger partial charge in [-0.15, -0.1) is 0 Å². The summed E-state index contributed by atoms with van der Waals surface area (Å²) in [7, 11) is 1.64. The molecule has 2 aromatic rings. The largest absolute Gasteiger partial charge is 0.453 e. The zero-order valence-electron chi connectivity index (χ0n) is 18.6. The average molecular weight is 472 g/mol. The molecule has 2 bridgehead atoms. The van der Waals surface area contributed by atoms with Crippen LogP contribution >= 0.6 is 11.6 Å². The number of likely N-dealkylation sites (N-methyl/N-ethyl adjacent to an activating group) is 1. The molecule has 9 nitrogen and oxygen atoms in total. The highest BCUT2D eigenvalue weighted by Crippen LogP contribution is 2.40. The third-order valence-corrected chi connectivity index (χ3v) is 6.81. The van der Waals surface area contributed by atoms with Crippen LogP contribution in [0.3, 0.4) is 0 Å². The lowest BCUT2D eigenvalue weighted by Crippen LogP contribution is -2.45. The number of anilines is 4. The zero-order valence-corrected chi connectivity index (χ0v) is 19.3. The first-order valence-corrected chi connectivity index (χ1v) is 11.6. The number of aromatic nitrogens is 2. The summed E-state index contributed by atoms with van der Waals surface area (Å²) in [5.74, 6) is 1.91. The fraction of sp³-hybridized carbons (Fsp3) is 0.478. The quantitative estimate of drug-likeness (QED) is 0.655. The fourth-order valence-electron chi connectivity index (χ4n) is 4.67. The van der Waals surface area contributed by atoms with Gasteiger partial charge in [0.1, 0.15) is 17.4 Å². The number of amides is 1. The van der Waals surface area contributed by atoms with Crippen molar-refractivity contribution < 1.29 is 19.1 Å². The predicted octanol–water partition coefficient (Wildman–Crippen LogP) is 3.54. The Morgan fingerprint density at radius 3 is 2.94 bits per heavy atom. The minimum Gasteiger partial charge on any atom is -0.453 e. The maximum atomic E-state index is 12.5. The van der Waals surface area contributed by atoms with Crippen molar-refractivity contribution >= 4 is 46.4 Å². The van der Waals surface area contributed by atoms with Crippen molar-refractivity contribution in [3.05, 3.63) is 29.4 Å². The van der Waals surface area contributed by atoms with E-state index < -0.39 is 6.29 Å². The predicted molar refractivity (Wildman–Crippen MR) is 124 cm³/mol. The molecule has 3 aliphatic rings. The average Bonchev–Trinajstić information content (AvgIpc) is 3.45. The van der Waals surface area contributed by atoms with Crippen LogP contribution in [0.2, 0.25) is 5.02 Å². The van der Waals surface area contributed by atoms with Gasteiger partial charge >= 0.3 is 0 Å². The summed E-state index contributed by atoms with van der Waals surface area (Å²) >= 11 is 6.38. The summed E-state index contributed by atoms with van der Waals surface area (Å²) in [5, 5.41) is 3.65. The van der Waals surface area contributed by atoms with Crippen LogP contribution in [0.15, 0.2) is 24.4 Å². The second-order valence-corrected chi connectivity index (χ2v) is 9.12. The normalized spacial score (nSPS) is 23.5. The lowest BCUT2D eigenvalue weighted by Gasteiger charge is -2.31. The van der Waals surface area contributed by atoms with Crippen LogP contribution in [-0.2, 0) is 14.3 Å². The number of hydrogen-bond donors (Lipinski definition) is 1. The smallest absolute Gasteiger partial charge is 0.296 e. The van der Waals surface area contributed by atoms with E-state index in [4.69, 9.17) is 21.1 Å².